The van der Waals surface area contributed by atoms with E-state index in [2.05, 4.69) is 39.0 Å². The highest BCUT2D eigenvalue weighted by Gasteiger charge is 2.18. The van der Waals surface area contributed by atoms with Crippen molar-refractivity contribution in [1.29, 1.82) is 0 Å². The largest absolute Gasteiger partial charge is 0.491 e. The lowest BCUT2D eigenvalue weighted by Crippen LogP contribution is -2.16. The van der Waals surface area contributed by atoms with Crippen molar-refractivity contribution in [3.05, 3.63) is 59.7 Å². The van der Waals surface area contributed by atoms with Crippen molar-refractivity contribution < 1.29 is 4.74 Å². The summed E-state index contributed by atoms with van der Waals surface area (Å²) in [6.07, 6.45) is 1.98. The van der Waals surface area contributed by atoms with Gasteiger partial charge >= 0.3 is 0 Å². The smallest absolute Gasteiger partial charge is 0.142 e. The van der Waals surface area contributed by atoms with Crippen molar-refractivity contribution in [2.75, 3.05) is 12.3 Å². The molecule has 2 nitrogen and oxygen atoms in total. The van der Waals surface area contributed by atoms with Crippen molar-refractivity contribution in [3.8, 4) is 5.75 Å². The fraction of sp³-hybridized carbons (Fsp3) is 0.368. The summed E-state index contributed by atoms with van der Waals surface area (Å²) in [4.78, 5) is 0. The molecule has 0 radical (unpaired) electrons. The second kappa shape index (κ2) is 6.66. The van der Waals surface area contributed by atoms with Gasteiger partial charge in [-0.3, -0.25) is 0 Å². The maximum atomic E-state index is 6.13. The van der Waals surface area contributed by atoms with Crippen LogP contribution in [0.1, 0.15) is 38.3 Å². The lowest BCUT2D eigenvalue weighted by molar-refractivity contribution is 0.323. The van der Waals surface area contributed by atoms with Crippen LogP contribution in [0.2, 0.25) is 0 Å². The van der Waals surface area contributed by atoms with Gasteiger partial charge in [0.15, 0.2) is 0 Å². The Kier molecular flexibility index (Phi) is 4.89. The van der Waals surface area contributed by atoms with E-state index in [1.807, 2.05) is 30.3 Å². The van der Waals surface area contributed by atoms with Crippen LogP contribution in [0, 0.1) is 0 Å². The van der Waals surface area contributed by atoms with Gasteiger partial charge in [-0.05, 0) is 35.1 Å². The molecule has 2 aromatic rings. The first-order chi connectivity index (χ1) is 10.0. The Morgan fingerprint density at radius 2 is 1.76 bits per heavy atom. The highest BCUT2D eigenvalue weighted by Crippen LogP contribution is 2.32. The lowest BCUT2D eigenvalue weighted by Gasteiger charge is -2.24. The van der Waals surface area contributed by atoms with Crippen LogP contribution in [-0.2, 0) is 11.8 Å². The van der Waals surface area contributed by atoms with Gasteiger partial charge in [0.2, 0.25) is 0 Å². The third-order valence-corrected chi connectivity index (χ3v) is 4.17. The zero-order valence-electron chi connectivity index (χ0n) is 13.2. The summed E-state index contributed by atoms with van der Waals surface area (Å²) in [5.74, 6) is 0.779. The van der Waals surface area contributed by atoms with Crippen LogP contribution in [0.4, 0.5) is 5.69 Å². The van der Waals surface area contributed by atoms with Gasteiger partial charge in [0.05, 0.1) is 12.3 Å². The zero-order chi connectivity index (χ0) is 15.3. The minimum Gasteiger partial charge on any atom is -0.491 e. The topological polar surface area (TPSA) is 35.2 Å². The van der Waals surface area contributed by atoms with Crippen LogP contribution in [0.15, 0.2) is 48.5 Å². The Bertz CT molecular complexity index is 575. The fourth-order valence-corrected chi connectivity index (χ4v) is 2.23. The molecule has 0 bridgehead atoms. The predicted molar refractivity (Wildman–Crippen MR) is 89.8 cm³/mol. The Labute approximate surface area is 127 Å². The molecule has 0 saturated heterocycles. The van der Waals surface area contributed by atoms with Crippen molar-refractivity contribution in [3.63, 3.8) is 0 Å². The van der Waals surface area contributed by atoms with Crippen molar-refractivity contribution in [2.45, 2.75) is 39.0 Å². The molecule has 0 spiro atoms. The summed E-state index contributed by atoms with van der Waals surface area (Å²) in [5, 5.41) is 0. The molecule has 2 rings (SSSR count). The molecule has 0 atom stereocenters. The van der Waals surface area contributed by atoms with E-state index in [0.717, 1.165) is 24.3 Å². The minimum absolute atomic E-state index is 0.149. The Morgan fingerprint density at radius 1 is 1.05 bits per heavy atom. The third-order valence-electron chi connectivity index (χ3n) is 4.17. The monoisotopic (exact) mass is 283 g/mol. The van der Waals surface area contributed by atoms with Crippen LogP contribution in [0.25, 0.3) is 0 Å². The number of anilines is 1. The average Bonchev–Trinajstić information content (AvgIpc) is 2.50. The Hall–Kier alpha value is -1.96. The molecule has 0 aliphatic rings. The van der Waals surface area contributed by atoms with Crippen molar-refractivity contribution >= 4 is 5.69 Å². The molecule has 2 N–H and O–H groups in total. The summed E-state index contributed by atoms with van der Waals surface area (Å²) in [5.41, 5.74) is 9.54. The van der Waals surface area contributed by atoms with Gasteiger partial charge in [-0.2, -0.15) is 0 Å². The summed E-state index contributed by atoms with van der Waals surface area (Å²) in [7, 11) is 0. The van der Waals surface area contributed by atoms with Crippen molar-refractivity contribution in [2.24, 2.45) is 0 Å². The maximum Gasteiger partial charge on any atom is 0.142 e. The number of hydrogen-bond donors (Lipinski definition) is 1. The highest BCUT2D eigenvalue weighted by molar-refractivity contribution is 5.55. The van der Waals surface area contributed by atoms with Crippen LogP contribution in [0.5, 0.6) is 5.75 Å². The average molecular weight is 283 g/mol. The second-order valence-electron chi connectivity index (χ2n) is 6.07. The molecule has 0 heterocycles. The molecule has 21 heavy (non-hydrogen) atoms. The molecular weight excluding hydrogens is 258 g/mol. The van der Waals surface area contributed by atoms with Gasteiger partial charge in [-0.15, -0.1) is 0 Å². The van der Waals surface area contributed by atoms with Crippen molar-refractivity contribution in [1.82, 2.24) is 0 Å². The van der Waals surface area contributed by atoms with Gasteiger partial charge < -0.3 is 10.5 Å². The van der Waals surface area contributed by atoms with Crippen LogP contribution >= 0.6 is 0 Å². The first kappa shape index (κ1) is 15.4. The third kappa shape index (κ3) is 4.01. The van der Waals surface area contributed by atoms with E-state index >= 15 is 0 Å². The van der Waals surface area contributed by atoms with E-state index in [9.17, 15) is 0 Å². The SMILES string of the molecule is CCC(C)(C)c1ccc(OCCc2ccccc2)c(N)c1. The minimum atomic E-state index is 0.149. The molecule has 0 amide bonds. The molecule has 0 aliphatic carbocycles. The van der Waals surface area contributed by atoms with Gasteiger partial charge in [0.25, 0.3) is 0 Å². The van der Waals surface area contributed by atoms with E-state index in [1.165, 1.54) is 11.1 Å². The maximum absolute atomic E-state index is 6.13. The van der Waals surface area contributed by atoms with Gasteiger partial charge in [-0.25, -0.2) is 0 Å². The molecule has 112 valence electrons. The molecule has 0 aromatic heterocycles. The van der Waals surface area contributed by atoms with E-state index < -0.39 is 0 Å². The predicted octanol–water partition coefficient (Wildman–Crippen LogP) is 4.58. The first-order valence-corrected chi connectivity index (χ1v) is 7.59. The van der Waals surface area contributed by atoms with Crippen LogP contribution < -0.4 is 10.5 Å². The molecule has 0 unspecified atom stereocenters. The fourth-order valence-electron chi connectivity index (χ4n) is 2.23. The molecular formula is C19H25NO. The number of hydrogen-bond acceptors (Lipinski definition) is 2. The molecule has 2 aromatic carbocycles. The first-order valence-electron chi connectivity index (χ1n) is 7.59. The normalized spacial score (nSPS) is 11.4. The molecule has 0 saturated carbocycles. The molecule has 0 fully saturated rings. The highest BCUT2D eigenvalue weighted by atomic mass is 16.5. The number of nitrogens with two attached hydrogens (primary N) is 1. The van der Waals surface area contributed by atoms with E-state index in [-0.39, 0.29) is 5.41 Å². The molecule has 0 aliphatic heterocycles. The summed E-state index contributed by atoms with van der Waals surface area (Å²) >= 11 is 0. The zero-order valence-corrected chi connectivity index (χ0v) is 13.2. The van der Waals surface area contributed by atoms with Gasteiger partial charge in [0.1, 0.15) is 5.75 Å². The van der Waals surface area contributed by atoms with Crippen LogP contribution in [0.3, 0.4) is 0 Å². The summed E-state index contributed by atoms with van der Waals surface area (Å²) in [6.45, 7) is 7.31. The van der Waals surface area contributed by atoms with E-state index in [4.69, 9.17) is 10.5 Å². The number of rotatable bonds is 6. The number of nitrogen functional groups attached to an aromatic ring is 1. The Balaban J connectivity index is 1.98. The van der Waals surface area contributed by atoms with Gasteiger partial charge in [-0.1, -0.05) is 57.2 Å². The van der Waals surface area contributed by atoms with E-state index in [0.29, 0.717) is 6.61 Å². The standard InChI is InChI=1S/C19H25NO/c1-4-19(2,3)16-10-11-18(17(20)14-16)21-13-12-15-8-6-5-7-9-15/h5-11,14H,4,12-13,20H2,1-3H3. The molecule has 2 heteroatoms. The number of benzene rings is 2. The van der Waals surface area contributed by atoms with Crippen LogP contribution in [-0.4, -0.2) is 6.61 Å². The Morgan fingerprint density at radius 3 is 2.38 bits per heavy atom. The van der Waals surface area contributed by atoms with Gasteiger partial charge in [0, 0.05) is 6.42 Å². The second-order valence-corrected chi connectivity index (χ2v) is 6.07. The van der Waals surface area contributed by atoms with E-state index in [1.54, 1.807) is 0 Å². The lowest BCUT2D eigenvalue weighted by atomic mass is 9.82. The quantitative estimate of drug-likeness (QED) is 0.788. The number of ether oxygens (including phenoxy) is 1. The summed E-state index contributed by atoms with van der Waals surface area (Å²) in [6, 6.07) is 16.5. The summed E-state index contributed by atoms with van der Waals surface area (Å²) < 4.78 is 5.82.